The van der Waals surface area contributed by atoms with E-state index in [0.717, 1.165) is 6.08 Å². The van der Waals surface area contributed by atoms with Crippen molar-refractivity contribution in [3.05, 3.63) is 30.1 Å². The summed E-state index contributed by atoms with van der Waals surface area (Å²) in [5.41, 5.74) is 0.671. The van der Waals surface area contributed by atoms with Gasteiger partial charge in [-0.25, -0.2) is 4.79 Å². The number of nitrogens with zero attached hydrogens (tertiary/aromatic N) is 1. The number of aliphatic carboxylic acids is 1. The molecule has 0 aliphatic rings. The van der Waals surface area contributed by atoms with Gasteiger partial charge in [-0.15, -0.1) is 0 Å². The van der Waals surface area contributed by atoms with E-state index in [0.29, 0.717) is 5.69 Å². The summed E-state index contributed by atoms with van der Waals surface area (Å²) in [4.78, 5) is 10.3. The van der Waals surface area contributed by atoms with E-state index in [2.05, 4.69) is 0 Å². The molecule has 3 N–H and O–H groups in total. The lowest BCUT2D eigenvalue weighted by Crippen LogP contribution is -2.19. The number of aromatic nitrogens is 1. The van der Waals surface area contributed by atoms with Gasteiger partial charge in [-0.2, -0.15) is 0 Å². The number of carboxylic acids is 1. The third kappa shape index (κ3) is 3.57. The Morgan fingerprint density at radius 1 is 1.60 bits per heavy atom. The van der Waals surface area contributed by atoms with Gasteiger partial charge in [0.1, 0.15) is 0 Å². The van der Waals surface area contributed by atoms with E-state index in [4.69, 9.17) is 10.2 Å². The van der Waals surface area contributed by atoms with Crippen molar-refractivity contribution in [3.63, 3.8) is 0 Å². The molecule has 1 heterocycles. The number of aliphatic hydroxyl groups excluding tert-OH is 2. The molecule has 0 bridgehead atoms. The van der Waals surface area contributed by atoms with Gasteiger partial charge in [0.15, 0.2) is 0 Å². The van der Waals surface area contributed by atoms with Crippen LogP contribution in [0, 0.1) is 0 Å². The van der Waals surface area contributed by atoms with E-state index >= 15 is 0 Å². The van der Waals surface area contributed by atoms with Gasteiger partial charge in [-0.3, -0.25) is 0 Å². The zero-order valence-electron chi connectivity index (χ0n) is 8.08. The minimum Gasteiger partial charge on any atom is -0.478 e. The summed E-state index contributed by atoms with van der Waals surface area (Å²) >= 11 is 0. The smallest absolute Gasteiger partial charge is 0.328 e. The van der Waals surface area contributed by atoms with Gasteiger partial charge >= 0.3 is 5.97 Å². The fourth-order valence-corrected chi connectivity index (χ4v) is 1.19. The molecule has 1 aromatic rings. The second-order valence-corrected chi connectivity index (χ2v) is 3.09. The maximum absolute atomic E-state index is 10.3. The summed E-state index contributed by atoms with van der Waals surface area (Å²) < 4.78 is 1.67. The minimum absolute atomic E-state index is 0.239. The Hall–Kier alpha value is -1.59. The number of rotatable bonds is 5. The second kappa shape index (κ2) is 5.33. The zero-order chi connectivity index (χ0) is 11.3. The van der Waals surface area contributed by atoms with Crippen molar-refractivity contribution in [2.24, 2.45) is 0 Å². The molecule has 1 aromatic heterocycles. The van der Waals surface area contributed by atoms with Crippen molar-refractivity contribution in [3.8, 4) is 0 Å². The number of aliphatic hydroxyl groups is 2. The van der Waals surface area contributed by atoms with Crippen LogP contribution in [0.2, 0.25) is 0 Å². The molecule has 0 saturated carbocycles. The summed E-state index contributed by atoms with van der Waals surface area (Å²) in [6.45, 7) is -0.0803. The average molecular weight is 211 g/mol. The maximum Gasteiger partial charge on any atom is 0.328 e. The van der Waals surface area contributed by atoms with Crippen molar-refractivity contribution in [1.82, 2.24) is 4.57 Å². The molecule has 0 aliphatic heterocycles. The SMILES string of the molecule is O=C(O)/C=C/c1cccn1CC(O)CO. The highest BCUT2D eigenvalue weighted by atomic mass is 16.4. The lowest BCUT2D eigenvalue weighted by molar-refractivity contribution is -0.131. The monoisotopic (exact) mass is 211 g/mol. The molecule has 5 nitrogen and oxygen atoms in total. The quantitative estimate of drug-likeness (QED) is 0.596. The van der Waals surface area contributed by atoms with E-state index in [1.807, 2.05) is 0 Å². The Balaban J connectivity index is 2.73. The van der Waals surface area contributed by atoms with Crippen LogP contribution in [0.25, 0.3) is 6.08 Å². The summed E-state index contributed by atoms with van der Waals surface area (Å²) in [7, 11) is 0. The normalized spacial score (nSPS) is 13.2. The first kappa shape index (κ1) is 11.5. The van der Waals surface area contributed by atoms with E-state index in [1.54, 1.807) is 22.9 Å². The van der Waals surface area contributed by atoms with Crippen LogP contribution in [0.15, 0.2) is 24.4 Å². The number of hydrogen-bond acceptors (Lipinski definition) is 3. The zero-order valence-corrected chi connectivity index (χ0v) is 8.08. The van der Waals surface area contributed by atoms with Crippen LogP contribution in [-0.2, 0) is 11.3 Å². The van der Waals surface area contributed by atoms with Crippen molar-refractivity contribution >= 4 is 12.0 Å². The molecule has 5 heteroatoms. The van der Waals surface area contributed by atoms with E-state index in [-0.39, 0.29) is 13.2 Å². The third-order valence-corrected chi connectivity index (χ3v) is 1.88. The number of carboxylic acid groups (broad SMARTS) is 1. The Labute approximate surface area is 86.9 Å². The maximum atomic E-state index is 10.3. The van der Waals surface area contributed by atoms with Crippen molar-refractivity contribution in [1.29, 1.82) is 0 Å². The molecule has 0 fully saturated rings. The van der Waals surface area contributed by atoms with Gasteiger partial charge in [0.05, 0.1) is 19.3 Å². The van der Waals surface area contributed by atoms with Gasteiger partial charge in [-0.1, -0.05) is 0 Å². The van der Waals surface area contributed by atoms with Crippen LogP contribution < -0.4 is 0 Å². The molecule has 82 valence electrons. The van der Waals surface area contributed by atoms with Crippen LogP contribution in [0.4, 0.5) is 0 Å². The van der Waals surface area contributed by atoms with E-state index in [9.17, 15) is 9.90 Å². The largest absolute Gasteiger partial charge is 0.478 e. The molecule has 1 unspecified atom stereocenters. The fraction of sp³-hybridized carbons (Fsp3) is 0.300. The van der Waals surface area contributed by atoms with Gasteiger partial charge in [0.25, 0.3) is 0 Å². The summed E-state index contributed by atoms with van der Waals surface area (Å²) in [5.74, 6) is -1.02. The Bertz CT molecular complexity index is 356. The summed E-state index contributed by atoms with van der Waals surface area (Å²) in [6.07, 6.45) is 3.33. The van der Waals surface area contributed by atoms with E-state index in [1.165, 1.54) is 6.08 Å². The fourth-order valence-electron chi connectivity index (χ4n) is 1.19. The highest BCUT2D eigenvalue weighted by Gasteiger charge is 2.04. The summed E-state index contributed by atoms with van der Waals surface area (Å²) in [5, 5.41) is 26.3. The number of carbonyl (C=O) groups is 1. The first-order valence-corrected chi connectivity index (χ1v) is 4.48. The van der Waals surface area contributed by atoms with Crippen molar-refractivity contribution < 1.29 is 20.1 Å². The lowest BCUT2D eigenvalue weighted by Gasteiger charge is -2.10. The topological polar surface area (TPSA) is 82.7 Å². The summed E-state index contributed by atoms with van der Waals surface area (Å²) in [6, 6.07) is 3.47. The molecule has 1 rings (SSSR count). The predicted molar refractivity (Wildman–Crippen MR) is 54.2 cm³/mol. The molecule has 1 atom stereocenters. The van der Waals surface area contributed by atoms with Crippen LogP contribution in [0.3, 0.4) is 0 Å². The van der Waals surface area contributed by atoms with Gasteiger partial charge in [-0.05, 0) is 18.2 Å². The van der Waals surface area contributed by atoms with Crippen molar-refractivity contribution in [2.75, 3.05) is 6.61 Å². The van der Waals surface area contributed by atoms with Crippen LogP contribution in [0.1, 0.15) is 5.69 Å². The van der Waals surface area contributed by atoms with E-state index < -0.39 is 12.1 Å². The van der Waals surface area contributed by atoms with Gasteiger partial charge in [0, 0.05) is 18.0 Å². The van der Waals surface area contributed by atoms with Gasteiger partial charge in [0.2, 0.25) is 0 Å². The average Bonchev–Trinajstić information content (AvgIpc) is 2.62. The lowest BCUT2D eigenvalue weighted by atomic mass is 10.3. The van der Waals surface area contributed by atoms with Crippen molar-refractivity contribution in [2.45, 2.75) is 12.6 Å². The Kier molecular flexibility index (Phi) is 4.08. The molecule has 0 spiro atoms. The molecule has 0 radical (unpaired) electrons. The highest BCUT2D eigenvalue weighted by molar-refractivity contribution is 5.84. The predicted octanol–water partition coefficient (Wildman–Crippen LogP) is -0.0609. The Morgan fingerprint density at radius 2 is 2.33 bits per heavy atom. The second-order valence-electron chi connectivity index (χ2n) is 3.09. The highest BCUT2D eigenvalue weighted by Crippen LogP contribution is 2.06. The first-order valence-electron chi connectivity index (χ1n) is 4.48. The minimum atomic E-state index is -1.02. The van der Waals surface area contributed by atoms with Crippen LogP contribution >= 0.6 is 0 Å². The molecule has 0 amide bonds. The molecule has 0 aromatic carbocycles. The molecule has 0 saturated heterocycles. The molecular weight excluding hydrogens is 198 g/mol. The van der Waals surface area contributed by atoms with Gasteiger partial charge < -0.3 is 19.9 Å². The molecule has 0 aliphatic carbocycles. The van der Waals surface area contributed by atoms with Crippen LogP contribution in [0.5, 0.6) is 0 Å². The standard InChI is InChI=1S/C10H13NO4/c12-7-9(13)6-11-5-1-2-8(11)3-4-10(14)15/h1-5,9,12-13H,6-7H2,(H,14,15)/b4-3+. The molecule has 15 heavy (non-hydrogen) atoms. The third-order valence-electron chi connectivity index (χ3n) is 1.88. The first-order chi connectivity index (χ1) is 7.13. The van der Waals surface area contributed by atoms with Crippen LogP contribution in [-0.4, -0.2) is 38.6 Å². The Morgan fingerprint density at radius 3 is 2.93 bits per heavy atom. The number of hydrogen-bond donors (Lipinski definition) is 3. The molecular formula is C10H13NO4.